The van der Waals surface area contributed by atoms with E-state index in [-0.39, 0.29) is 5.41 Å². The second-order valence-electron chi connectivity index (χ2n) is 3.22. The molecule has 0 spiro atoms. The van der Waals surface area contributed by atoms with Crippen LogP contribution < -0.4 is 0 Å². The zero-order valence-corrected chi connectivity index (χ0v) is 8.92. The van der Waals surface area contributed by atoms with Crippen molar-refractivity contribution in [2.45, 2.75) is 19.3 Å². The molecule has 1 aromatic heterocycles. The Labute approximate surface area is 81.4 Å². The normalized spacial score (nSPS) is 11.6. The van der Waals surface area contributed by atoms with E-state index in [0.29, 0.717) is 0 Å². The summed E-state index contributed by atoms with van der Waals surface area (Å²) in [5, 5.41) is 0. The van der Waals surface area contributed by atoms with Gasteiger partial charge in [-0.15, -0.1) is 0 Å². The third-order valence-electron chi connectivity index (χ3n) is 1.40. The van der Waals surface area contributed by atoms with E-state index in [1.165, 1.54) is 3.57 Å². The predicted molar refractivity (Wildman–Crippen MR) is 55.3 cm³/mol. The molecule has 0 amide bonds. The molecule has 11 heavy (non-hydrogen) atoms. The summed E-state index contributed by atoms with van der Waals surface area (Å²) in [4.78, 5) is 4.28. The monoisotopic (exact) mass is 260 g/mol. The summed E-state index contributed by atoms with van der Waals surface area (Å²) in [6, 6.07) is 3.99. The molecule has 1 nitrogen and oxygen atoms in total. The molecule has 0 atom stereocenters. The second-order valence-corrected chi connectivity index (χ2v) is 4.38. The van der Waals surface area contributed by atoms with Crippen LogP contribution in [0.1, 0.15) is 19.5 Å². The van der Waals surface area contributed by atoms with E-state index >= 15 is 0 Å². The number of nitrogens with zero attached hydrogens (tertiary/aromatic N) is 1. The van der Waals surface area contributed by atoms with Gasteiger partial charge in [0, 0.05) is 15.2 Å². The van der Waals surface area contributed by atoms with Gasteiger partial charge in [0.1, 0.15) is 0 Å². The highest BCUT2D eigenvalue weighted by atomic mass is 127. The number of pyridine rings is 1. The van der Waals surface area contributed by atoms with Crippen molar-refractivity contribution in [2.24, 2.45) is 0 Å². The molecule has 0 aliphatic rings. The molecule has 0 N–H and O–H groups in total. The predicted octanol–water partition coefficient (Wildman–Crippen LogP) is 2.80. The van der Waals surface area contributed by atoms with Gasteiger partial charge in [-0.1, -0.05) is 13.8 Å². The van der Waals surface area contributed by atoms with E-state index in [1.807, 2.05) is 12.3 Å². The van der Waals surface area contributed by atoms with Crippen LogP contribution in [0, 0.1) is 10.5 Å². The van der Waals surface area contributed by atoms with Crippen molar-refractivity contribution >= 4 is 22.6 Å². The molecular weight excluding hydrogens is 249 g/mol. The van der Waals surface area contributed by atoms with Gasteiger partial charge in [-0.05, 0) is 41.6 Å². The molecule has 0 unspecified atom stereocenters. The van der Waals surface area contributed by atoms with E-state index in [2.05, 4.69) is 54.4 Å². The molecule has 1 aromatic rings. The Kier molecular flexibility index (Phi) is 2.52. The van der Waals surface area contributed by atoms with Crippen LogP contribution in [0.2, 0.25) is 0 Å². The van der Waals surface area contributed by atoms with Crippen LogP contribution >= 0.6 is 22.6 Å². The minimum Gasteiger partial charge on any atom is -0.260 e. The van der Waals surface area contributed by atoms with Crippen LogP contribution in [0.5, 0.6) is 0 Å². The topological polar surface area (TPSA) is 12.9 Å². The quantitative estimate of drug-likeness (QED) is 0.707. The molecule has 0 aromatic carbocycles. The molecule has 0 bridgehead atoms. The van der Waals surface area contributed by atoms with Gasteiger partial charge >= 0.3 is 0 Å². The molecule has 0 aliphatic carbocycles. The molecule has 1 radical (unpaired) electrons. The average molecular weight is 260 g/mol. The summed E-state index contributed by atoms with van der Waals surface area (Å²) < 4.78 is 1.19. The summed E-state index contributed by atoms with van der Waals surface area (Å²) in [6.07, 6.45) is 1.81. The second kappa shape index (κ2) is 3.09. The first kappa shape index (κ1) is 8.97. The fraction of sp³-hybridized carbons (Fsp3) is 0.333. The van der Waals surface area contributed by atoms with Crippen LogP contribution in [0.15, 0.2) is 18.3 Å². The van der Waals surface area contributed by atoms with Crippen LogP contribution in [0.25, 0.3) is 0 Å². The van der Waals surface area contributed by atoms with Gasteiger partial charge in [0.2, 0.25) is 0 Å². The van der Waals surface area contributed by atoms with Crippen molar-refractivity contribution in [3.05, 3.63) is 34.5 Å². The Morgan fingerprint density at radius 2 is 2.18 bits per heavy atom. The Morgan fingerprint density at radius 3 is 2.55 bits per heavy atom. The van der Waals surface area contributed by atoms with E-state index < -0.39 is 0 Å². The molecule has 1 rings (SSSR count). The molecule has 59 valence electrons. The van der Waals surface area contributed by atoms with Crippen molar-refractivity contribution in [3.63, 3.8) is 0 Å². The smallest absolute Gasteiger partial charge is 0.0592 e. The largest absolute Gasteiger partial charge is 0.260 e. The van der Waals surface area contributed by atoms with Gasteiger partial charge in [0.05, 0.1) is 5.69 Å². The Morgan fingerprint density at radius 1 is 1.55 bits per heavy atom. The third-order valence-corrected chi connectivity index (χ3v) is 2.27. The van der Waals surface area contributed by atoms with Crippen LogP contribution in [-0.4, -0.2) is 4.98 Å². The Balaban J connectivity index is 3.14. The summed E-state index contributed by atoms with van der Waals surface area (Å²) in [5.41, 5.74) is 0.984. The molecule has 0 saturated carbocycles. The lowest BCUT2D eigenvalue weighted by Crippen LogP contribution is -2.15. The first-order chi connectivity index (χ1) is 5.02. The SMILES string of the molecule is [CH2]C(C)(C)c1ncccc1I. The van der Waals surface area contributed by atoms with E-state index in [1.54, 1.807) is 0 Å². The number of rotatable bonds is 1. The van der Waals surface area contributed by atoms with Gasteiger partial charge in [-0.2, -0.15) is 0 Å². The molecule has 0 fully saturated rings. The average Bonchev–Trinajstić information content (AvgIpc) is 1.86. The minimum atomic E-state index is -0.0855. The minimum absolute atomic E-state index is 0.0855. The lowest BCUT2D eigenvalue weighted by molar-refractivity contribution is 0.634. The summed E-state index contributed by atoms with van der Waals surface area (Å²) in [6.45, 7) is 8.17. The van der Waals surface area contributed by atoms with Gasteiger partial charge < -0.3 is 0 Å². The van der Waals surface area contributed by atoms with Gasteiger partial charge in [0.15, 0.2) is 0 Å². The molecule has 1 heterocycles. The maximum absolute atomic E-state index is 4.28. The van der Waals surface area contributed by atoms with Crippen LogP contribution in [-0.2, 0) is 5.41 Å². The zero-order chi connectivity index (χ0) is 8.48. The molecule has 0 saturated heterocycles. The van der Waals surface area contributed by atoms with Crippen molar-refractivity contribution in [1.82, 2.24) is 4.98 Å². The highest BCUT2D eigenvalue weighted by molar-refractivity contribution is 14.1. The summed E-state index contributed by atoms with van der Waals surface area (Å²) in [7, 11) is 0. The number of aromatic nitrogens is 1. The summed E-state index contributed by atoms with van der Waals surface area (Å²) in [5.74, 6) is 0. The fourth-order valence-corrected chi connectivity index (χ4v) is 1.96. The fourth-order valence-electron chi connectivity index (χ4n) is 0.884. The standard InChI is InChI=1S/C9H11IN/c1-9(2,3)8-7(10)5-4-6-11-8/h4-6H,1H2,2-3H3. The van der Waals surface area contributed by atoms with Crippen LogP contribution in [0.3, 0.4) is 0 Å². The first-order valence-electron chi connectivity index (χ1n) is 3.48. The molecule has 2 heteroatoms. The van der Waals surface area contributed by atoms with Gasteiger partial charge in [-0.25, -0.2) is 0 Å². The number of hydrogen-bond donors (Lipinski definition) is 0. The highest BCUT2D eigenvalue weighted by Crippen LogP contribution is 2.23. The van der Waals surface area contributed by atoms with E-state index in [9.17, 15) is 0 Å². The molecular formula is C9H11IN. The number of halogens is 1. The lowest BCUT2D eigenvalue weighted by atomic mass is 9.92. The van der Waals surface area contributed by atoms with Crippen LogP contribution in [0.4, 0.5) is 0 Å². The highest BCUT2D eigenvalue weighted by Gasteiger charge is 2.17. The zero-order valence-electron chi connectivity index (χ0n) is 6.76. The molecule has 0 aliphatic heterocycles. The van der Waals surface area contributed by atoms with Crippen molar-refractivity contribution < 1.29 is 0 Å². The maximum atomic E-state index is 4.28. The Hall–Kier alpha value is -0.120. The maximum Gasteiger partial charge on any atom is 0.0592 e. The summed E-state index contributed by atoms with van der Waals surface area (Å²) >= 11 is 2.28. The van der Waals surface area contributed by atoms with Crippen molar-refractivity contribution in [1.29, 1.82) is 0 Å². The first-order valence-corrected chi connectivity index (χ1v) is 4.56. The van der Waals surface area contributed by atoms with Gasteiger partial charge in [-0.3, -0.25) is 4.98 Å². The van der Waals surface area contributed by atoms with Gasteiger partial charge in [0.25, 0.3) is 0 Å². The lowest BCUT2D eigenvalue weighted by Gasteiger charge is -2.18. The van der Waals surface area contributed by atoms with Crippen molar-refractivity contribution in [2.75, 3.05) is 0 Å². The Bertz CT molecular complexity index is 250. The van der Waals surface area contributed by atoms with Crippen molar-refractivity contribution in [3.8, 4) is 0 Å². The van der Waals surface area contributed by atoms with E-state index in [0.717, 1.165) is 5.69 Å². The number of hydrogen-bond acceptors (Lipinski definition) is 1. The third kappa shape index (κ3) is 2.15. The van der Waals surface area contributed by atoms with E-state index in [4.69, 9.17) is 0 Å².